The molecule has 0 N–H and O–H groups in total. The van der Waals surface area contributed by atoms with E-state index in [0.717, 1.165) is 10.1 Å². The van der Waals surface area contributed by atoms with Crippen LogP contribution in [0.25, 0.3) is 15.7 Å². The summed E-state index contributed by atoms with van der Waals surface area (Å²) in [4.78, 5) is 13.4. The van der Waals surface area contributed by atoms with Crippen LogP contribution in [0, 0.1) is 0 Å². The van der Waals surface area contributed by atoms with E-state index >= 15 is 0 Å². The first-order valence-electron chi connectivity index (χ1n) is 7.08. The van der Waals surface area contributed by atoms with E-state index in [2.05, 4.69) is 6.58 Å². The highest BCUT2D eigenvalue weighted by Gasteiger charge is 2.16. The third kappa shape index (κ3) is 2.98. The van der Waals surface area contributed by atoms with Gasteiger partial charge in [-0.3, -0.25) is 4.79 Å². The Morgan fingerprint density at radius 1 is 1.00 bits per heavy atom. The number of methoxy groups -OCH3 is 2. The van der Waals surface area contributed by atoms with Crippen LogP contribution < -0.4 is 9.47 Å². The number of ether oxygens (including phenoxy) is 2. The molecule has 116 valence electrons. The van der Waals surface area contributed by atoms with Crippen molar-refractivity contribution in [2.24, 2.45) is 0 Å². The molecule has 0 amide bonds. The molecule has 0 aliphatic rings. The van der Waals surface area contributed by atoms with Crippen LogP contribution in [0.5, 0.6) is 11.5 Å². The zero-order valence-electron chi connectivity index (χ0n) is 13.0. The van der Waals surface area contributed by atoms with Gasteiger partial charge < -0.3 is 9.47 Å². The molecule has 1 aromatic heterocycles. The van der Waals surface area contributed by atoms with Crippen LogP contribution in [0.4, 0.5) is 0 Å². The fourth-order valence-electron chi connectivity index (χ4n) is 2.36. The van der Waals surface area contributed by atoms with Crippen molar-refractivity contribution in [3.63, 3.8) is 0 Å². The largest absolute Gasteiger partial charge is 0.497 e. The summed E-state index contributed by atoms with van der Waals surface area (Å²) in [6.45, 7) is 3.97. The minimum absolute atomic E-state index is 0.0819. The van der Waals surface area contributed by atoms with Crippen molar-refractivity contribution in [1.29, 1.82) is 0 Å². The zero-order chi connectivity index (χ0) is 16.4. The summed E-state index contributed by atoms with van der Waals surface area (Å²) in [6, 6.07) is 15.2. The number of thiophene rings is 1. The van der Waals surface area contributed by atoms with Crippen molar-refractivity contribution in [2.75, 3.05) is 14.2 Å². The maximum absolute atomic E-state index is 12.7. The van der Waals surface area contributed by atoms with Gasteiger partial charge in [-0.1, -0.05) is 24.8 Å². The first-order chi connectivity index (χ1) is 11.1. The molecule has 0 aliphatic carbocycles. The number of hydrogen-bond acceptors (Lipinski definition) is 4. The molecule has 0 fully saturated rings. The summed E-state index contributed by atoms with van der Waals surface area (Å²) in [7, 11) is 3.16. The minimum Gasteiger partial charge on any atom is -0.497 e. The average molecular weight is 324 g/mol. The molecular formula is C19H16O3S. The number of benzene rings is 2. The Hall–Kier alpha value is -2.59. The first kappa shape index (κ1) is 15.3. The predicted octanol–water partition coefficient (Wildman–Crippen LogP) is 4.81. The lowest BCUT2D eigenvalue weighted by atomic mass is 10.0. The van der Waals surface area contributed by atoms with Crippen molar-refractivity contribution < 1.29 is 14.3 Å². The second-order valence-corrected chi connectivity index (χ2v) is 6.14. The van der Waals surface area contributed by atoms with Crippen LogP contribution >= 0.6 is 11.3 Å². The van der Waals surface area contributed by atoms with E-state index in [1.54, 1.807) is 32.4 Å². The molecule has 0 saturated heterocycles. The molecule has 0 radical (unpaired) electrons. The summed E-state index contributed by atoms with van der Waals surface area (Å²) < 4.78 is 11.6. The van der Waals surface area contributed by atoms with Crippen LogP contribution in [0.15, 0.2) is 55.1 Å². The maximum Gasteiger partial charge on any atom is 0.202 e. The molecule has 0 spiro atoms. The molecule has 0 atom stereocenters. The third-order valence-corrected chi connectivity index (χ3v) is 4.74. The molecular weight excluding hydrogens is 308 g/mol. The van der Waals surface area contributed by atoms with E-state index < -0.39 is 0 Å². The number of carbonyl (C=O) groups excluding carboxylic acids is 1. The fraction of sp³-hybridized carbons (Fsp3) is 0.105. The third-order valence-electron chi connectivity index (χ3n) is 3.62. The monoisotopic (exact) mass is 324 g/mol. The number of ketones is 1. The van der Waals surface area contributed by atoms with Crippen LogP contribution in [-0.4, -0.2) is 20.0 Å². The smallest absolute Gasteiger partial charge is 0.202 e. The van der Waals surface area contributed by atoms with Crippen molar-refractivity contribution in [1.82, 2.24) is 0 Å². The normalized spacial score (nSPS) is 10.5. The Balaban J connectivity index is 1.97. The Morgan fingerprint density at radius 2 is 1.65 bits per heavy atom. The van der Waals surface area contributed by atoms with Gasteiger partial charge in [-0.25, -0.2) is 0 Å². The van der Waals surface area contributed by atoms with E-state index in [0.29, 0.717) is 27.5 Å². The van der Waals surface area contributed by atoms with Gasteiger partial charge in [-0.15, -0.1) is 11.3 Å². The highest BCUT2D eigenvalue weighted by atomic mass is 32.1. The van der Waals surface area contributed by atoms with Crippen molar-refractivity contribution >= 4 is 32.8 Å². The van der Waals surface area contributed by atoms with Crippen molar-refractivity contribution in [2.45, 2.75) is 0 Å². The lowest BCUT2D eigenvalue weighted by Gasteiger charge is -2.09. The second kappa shape index (κ2) is 6.26. The SMILES string of the molecule is C=C(C(=O)c1cc2ccccc2s1)c1cc(OC)cc(OC)c1. The molecule has 23 heavy (non-hydrogen) atoms. The number of hydrogen-bond donors (Lipinski definition) is 0. The quantitative estimate of drug-likeness (QED) is 0.499. The summed E-state index contributed by atoms with van der Waals surface area (Å²) in [6.07, 6.45) is 0. The number of rotatable bonds is 5. The topological polar surface area (TPSA) is 35.5 Å². The van der Waals surface area contributed by atoms with E-state index in [1.165, 1.54) is 11.3 Å². The molecule has 1 heterocycles. The van der Waals surface area contributed by atoms with Gasteiger partial charge in [0, 0.05) is 16.3 Å². The summed E-state index contributed by atoms with van der Waals surface area (Å²) in [5.41, 5.74) is 1.12. The van der Waals surface area contributed by atoms with Crippen molar-refractivity contribution in [3.05, 3.63) is 65.6 Å². The first-order valence-corrected chi connectivity index (χ1v) is 7.89. The number of allylic oxidation sites excluding steroid dienone is 1. The highest BCUT2D eigenvalue weighted by Crippen LogP contribution is 2.31. The van der Waals surface area contributed by atoms with Crippen molar-refractivity contribution in [3.8, 4) is 11.5 Å². The van der Waals surface area contributed by atoms with Crippen LogP contribution in [0.3, 0.4) is 0 Å². The van der Waals surface area contributed by atoms with Crippen LogP contribution in [0.2, 0.25) is 0 Å². The van der Waals surface area contributed by atoms with Gasteiger partial charge in [-0.05, 0) is 35.2 Å². The van der Waals surface area contributed by atoms with Gasteiger partial charge in [0.15, 0.2) is 0 Å². The highest BCUT2D eigenvalue weighted by molar-refractivity contribution is 7.21. The molecule has 2 aromatic carbocycles. The maximum atomic E-state index is 12.7. The average Bonchev–Trinajstić information content (AvgIpc) is 3.03. The standard InChI is InChI=1S/C19H16O3S/c1-12(14-8-15(21-2)11-16(9-14)22-3)19(20)18-10-13-6-4-5-7-17(13)23-18/h4-11H,1H2,2-3H3. The van der Waals surface area contributed by atoms with Gasteiger partial charge in [0.1, 0.15) is 11.5 Å². The Morgan fingerprint density at radius 3 is 2.26 bits per heavy atom. The molecule has 3 aromatic rings. The molecule has 0 unspecified atom stereocenters. The summed E-state index contributed by atoms with van der Waals surface area (Å²) >= 11 is 1.48. The Bertz CT molecular complexity index is 837. The van der Waals surface area contributed by atoms with Gasteiger partial charge in [0.2, 0.25) is 5.78 Å². The molecule has 3 rings (SSSR count). The number of Topliss-reactive ketones (excluding diaryl/α,β-unsaturated/α-hetero) is 1. The lowest BCUT2D eigenvalue weighted by Crippen LogP contribution is -2.00. The second-order valence-electron chi connectivity index (χ2n) is 5.06. The van der Waals surface area contributed by atoms with E-state index in [9.17, 15) is 4.79 Å². The summed E-state index contributed by atoms with van der Waals surface area (Å²) in [5, 5.41) is 1.07. The van der Waals surface area contributed by atoms with Gasteiger partial charge in [-0.2, -0.15) is 0 Å². The molecule has 0 saturated carbocycles. The van der Waals surface area contributed by atoms with Gasteiger partial charge in [0.25, 0.3) is 0 Å². The summed E-state index contributed by atoms with van der Waals surface area (Å²) in [5.74, 6) is 1.18. The molecule has 0 bridgehead atoms. The zero-order valence-corrected chi connectivity index (χ0v) is 13.8. The minimum atomic E-state index is -0.0819. The Labute approximate surface area is 138 Å². The van der Waals surface area contributed by atoms with E-state index in [4.69, 9.17) is 9.47 Å². The molecule has 4 heteroatoms. The van der Waals surface area contributed by atoms with Gasteiger partial charge in [0.05, 0.1) is 19.1 Å². The van der Waals surface area contributed by atoms with E-state index in [-0.39, 0.29) is 5.78 Å². The molecule has 0 aliphatic heterocycles. The number of carbonyl (C=O) groups is 1. The van der Waals surface area contributed by atoms with Crippen LogP contribution in [0.1, 0.15) is 15.2 Å². The van der Waals surface area contributed by atoms with Crippen LogP contribution in [-0.2, 0) is 0 Å². The number of fused-ring (bicyclic) bond motifs is 1. The van der Waals surface area contributed by atoms with Gasteiger partial charge >= 0.3 is 0 Å². The molecule has 3 nitrogen and oxygen atoms in total. The Kier molecular flexibility index (Phi) is 4.17. The predicted molar refractivity (Wildman–Crippen MR) is 94.7 cm³/mol. The van der Waals surface area contributed by atoms with E-state index in [1.807, 2.05) is 30.3 Å². The fourth-order valence-corrected chi connectivity index (χ4v) is 3.39. The lowest BCUT2D eigenvalue weighted by molar-refractivity contribution is 0.106.